The van der Waals surface area contributed by atoms with Crippen molar-refractivity contribution in [1.29, 1.82) is 0 Å². The molecule has 1 N–H and O–H groups in total. The monoisotopic (exact) mass is 385 g/mol. The zero-order valence-electron chi connectivity index (χ0n) is 15.6. The zero-order chi connectivity index (χ0) is 19.0. The van der Waals surface area contributed by atoms with Crippen molar-refractivity contribution in [3.63, 3.8) is 0 Å². The van der Waals surface area contributed by atoms with E-state index in [-0.39, 0.29) is 6.10 Å². The van der Waals surface area contributed by atoms with Gasteiger partial charge in [-0.15, -0.1) is 5.10 Å². The minimum absolute atomic E-state index is 0.131. The van der Waals surface area contributed by atoms with Crippen LogP contribution in [0.4, 0.5) is 0 Å². The van der Waals surface area contributed by atoms with Crippen molar-refractivity contribution >= 4 is 17.2 Å². The van der Waals surface area contributed by atoms with E-state index in [0.29, 0.717) is 16.8 Å². The third-order valence-corrected chi connectivity index (χ3v) is 5.65. The van der Waals surface area contributed by atoms with E-state index in [4.69, 9.17) is 16.3 Å². The largest absolute Gasteiger partial charge is 0.473 e. The Morgan fingerprint density at radius 1 is 1.15 bits per heavy atom. The van der Waals surface area contributed by atoms with E-state index >= 15 is 0 Å². The molecule has 0 unspecified atom stereocenters. The second kappa shape index (κ2) is 7.13. The lowest BCUT2D eigenvalue weighted by Gasteiger charge is -2.35. The topological polar surface area (TPSA) is 59.7 Å². The maximum absolute atomic E-state index is 10.2. The molecule has 0 aliphatic heterocycles. The summed E-state index contributed by atoms with van der Waals surface area (Å²) in [4.78, 5) is 4.42. The van der Waals surface area contributed by atoms with Crippen molar-refractivity contribution in [2.75, 3.05) is 0 Å². The van der Waals surface area contributed by atoms with E-state index in [9.17, 15) is 5.11 Å². The van der Waals surface area contributed by atoms with Crippen molar-refractivity contribution in [2.45, 2.75) is 51.2 Å². The predicted molar refractivity (Wildman–Crippen MR) is 106 cm³/mol. The molecule has 142 valence electrons. The molecule has 3 aromatic rings. The Hall–Kier alpha value is -2.11. The first kappa shape index (κ1) is 18.3. The third kappa shape index (κ3) is 3.94. The lowest BCUT2D eigenvalue weighted by Crippen LogP contribution is -2.36. The summed E-state index contributed by atoms with van der Waals surface area (Å²) in [6.07, 6.45) is 5.72. The number of aromatic nitrogens is 3. The maximum atomic E-state index is 10.2. The number of halogens is 1. The van der Waals surface area contributed by atoms with Crippen LogP contribution < -0.4 is 4.74 Å². The van der Waals surface area contributed by atoms with Gasteiger partial charge in [-0.3, -0.25) is 0 Å². The molecule has 0 atom stereocenters. The van der Waals surface area contributed by atoms with Crippen LogP contribution in [0.25, 0.3) is 16.9 Å². The van der Waals surface area contributed by atoms with Crippen LogP contribution >= 0.6 is 11.6 Å². The number of rotatable bonds is 4. The number of ether oxygens (including phenoxy) is 1. The molecule has 6 heteroatoms. The van der Waals surface area contributed by atoms with Crippen LogP contribution in [-0.2, 0) is 0 Å². The fraction of sp³-hybridized carbons (Fsp3) is 0.429. The summed E-state index contributed by atoms with van der Waals surface area (Å²) in [7, 11) is 0. The molecule has 2 aromatic heterocycles. The quantitative estimate of drug-likeness (QED) is 0.703. The molecule has 0 bridgehead atoms. The Morgan fingerprint density at radius 2 is 1.93 bits per heavy atom. The SMILES string of the molecule is CC(C)(O)C1CCC(Oc2ccc3ncc(-c4cccc(Cl)c4)n3n2)CC1. The molecule has 1 aromatic carbocycles. The van der Waals surface area contributed by atoms with E-state index in [1.807, 2.05) is 50.2 Å². The van der Waals surface area contributed by atoms with Crippen molar-refractivity contribution in [1.82, 2.24) is 14.6 Å². The third-order valence-electron chi connectivity index (χ3n) is 5.42. The fourth-order valence-electron chi connectivity index (χ4n) is 3.82. The summed E-state index contributed by atoms with van der Waals surface area (Å²) < 4.78 is 7.94. The first-order valence-electron chi connectivity index (χ1n) is 9.40. The molecule has 2 heterocycles. The van der Waals surface area contributed by atoms with Crippen LogP contribution in [0.3, 0.4) is 0 Å². The van der Waals surface area contributed by atoms with Crippen LogP contribution in [0.1, 0.15) is 39.5 Å². The van der Waals surface area contributed by atoms with E-state index in [0.717, 1.165) is 42.6 Å². The molecule has 1 aliphatic rings. The van der Waals surface area contributed by atoms with Gasteiger partial charge in [-0.2, -0.15) is 0 Å². The molecule has 5 nitrogen and oxygen atoms in total. The minimum atomic E-state index is -0.620. The van der Waals surface area contributed by atoms with Gasteiger partial charge in [0, 0.05) is 16.7 Å². The predicted octanol–water partition coefficient (Wildman–Crippen LogP) is 4.76. The number of imidazole rings is 1. The van der Waals surface area contributed by atoms with Crippen molar-refractivity contribution < 1.29 is 9.84 Å². The standard InChI is InChI=1S/C21H24ClN3O2/c1-21(2,26)15-6-8-17(9-7-15)27-20-11-10-19-23-13-18(25(19)24-20)14-4-3-5-16(22)12-14/h3-5,10-13,15,17,26H,6-9H2,1-2H3. The van der Waals surface area contributed by atoms with Crippen LogP contribution in [-0.4, -0.2) is 31.4 Å². The van der Waals surface area contributed by atoms with Crippen LogP contribution in [0, 0.1) is 5.92 Å². The van der Waals surface area contributed by atoms with Gasteiger partial charge in [0.25, 0.3) is 0 Å². The van der Waals surface area contributed by atoms with Gasteiger partial charge in [0.2, 0.25) is 5.88 Å². The highest BCUT2D eigenvalue weighted by Gasteiger charge is 2.32. The van der Waals surface area contributed by atoms with Gasteiger partial charge in [0.15, 0.2) is 5.65 Å². The maximum Gasteiger partial charge on any atom is 0.232 e. The molecule has 0 radical (unpaired) electrons. The van der Waals surface area contributed by atoms with Crippen LogP contribution in [0.15, 0.2) is 42.6 Å². The molecule has 4 rings (SSSR count). The van der Waals surface area contributed by atoms with E-state index in [1.165, 1.54) is 0 Å². The molecule has 27 heavy (non-hydrogen) atoms. The highest BCUT2D eigenvalue weighted by atomic mass is 35.5. The lowest BCUT2D eigenvalue weighted by atomic mass is 9.78. The van der Waals surface area contributed by atoms with Gasteiger partial charge in [-0.25, -0.2) is 9.50 Å². The summed E-state index contributed by atoms with van der Waals surface area (Å²) in [6.45, 7) is 3.79. The average Bonchev–Trinajstić information content (AvgIpc) is 3.05. The fourth-order valence-corrected chi connectivity index (χ4v) is 4.01. The summed E-state index contributed by atoms with van der Waals surface area (Å²) in [5.41, 5.74) is 1.99. The molecule has 1 fully saturated rings. The van der Waals surface area contributed by atoms with Gasteiger partial charge in [-0.05, 0) is 63.6 Å². The van der Waals surface area contributed by atoms with Crippen molar-refractivity contribution in [2.24, 2.45) is 5.92 Å². The van der Waals surface area contributed by atoms with Gasteiger partial charge in [0.05, 0.1) is 17.5 Å². The molecule has 0 amide bonds. The normalized spacial score (nSPS) is 20.7. The van der Waals surface area contributed by atoms with Gasteiger partial charge in [-0.1, -0.05) is 23.7 Å². The zero-order valence-corrected chi connectivity index (χ0v) is 16.4. The summed E-state index contributed by atoms with van der Waals surface area (Å²) in [6, 6.07) is 11.4. The second-order valence-electron chi connectivity index (χ2n) is 7.84. The number of hydrogen-bond donors (Lipinski definition) is 1. The van der Waals surface area contributed by atoms with Gasteiger partial charge in [0.1, 0.15) is 6.10 Å². The highest BCUT2D eigenvalue weighted by Crippen LogP contribution is 2.34. The molecule has 1 aliphatic carbocycles. The molecular formula is C21H24ClN3O2. The molecular weight excluding hydrogens is 362 g/mol. The Kier molecular flexibility index (Phi) is 4.82. The number of hydrogen-bond acceptors (Lipinski definition) is 4. The Bertz CT molecular complexity index is 940. The smallest absolute Gasteiger partial charge is 0.232 e. The summed E-state index contributed by atoms with van der Waals surface area (Å²) >= 11 is 6.12. The average molecular weight is 386 g/mol. The first-order chi connectivity index (χ1) is 12.9. The highest BCUT2D eigenvalue weighted by molar-refractivity contribution is 6.30. The van der Waals surface area contributed by atoms with E-state index in [1.54, 1.807) is 10.7 Å². The van der Waals surface area contributed by atoms with Crippen LogP contribution in [0.2, 0.25) is 5.02 Å². The van der Waals surface area contributed by atoms with Crippen LogP contribution in [0.5, 0.6) is 5.88 Å². The van der Waals surface area contributed by atoms with Gasteiger partial charge < -0.3 is 9.84 Å². The van der Waals surface area contributed by atoms with E-state index in [2.05, 4.69) is 10.1 Å². The molecule has 0 saturated heterocycles. The number of nitrogens with zero attached hydrogens (tertiary/aromatic N) is 3. The molecule has 0 spiro atoms. The lowest BCUT2D eigenvalue weighted by molar-refractivity contribution is -0.0157. The Labute approximate surface area is 164 Å². The summed E-state index contributed by atoms with van der Waals surface area (Å²) in [5.74, 6) is 0.923. The Balaban J connectivity index is 1.53. The number of fused-ring (bicyclic) bond motifs is 1. The van der Waals surface area contributed by atoms with Gasteiger partial charge >= 0.3 is 0 Å². The minimum Gasteiger partial charge on any atom is -0.473 e. The Morgan fingerprint density at radius 3 is 2.63 bits per heavy atom. The first-order valence-corrected chi connectivity index (χ1v) is 9.78. The number of aliphatic hydroxyl groups is 1. The molecule has 1 saturated carbocycles. The number of benzene rings is 1. The second-order valence-corrected chi connectivity index (χ2v) is 8.28. The van der Waals surface area contributed by atoms with Crippen molar-refractivity contribution in [3.8, 4) is 17.1 Å². The van der Waals surface area contributed by atoms with E-state index < -0.39 is 5.60 Å². The summed E-state index contributed by atoms with van der Waals surface area (Å²) in [5, 5.41) is 15.5. The van der Waals surface area contributed by atoms with Crippen molar-refractivity contribution in [3.05, 3.63) is 47.6 Å².